The standard InChI is InChI=1S/C16H25N3O2/c1-16(2,3)21-15(20)17-12-7-8-13-11(10-12)6-9-14(13)18-19(4)5/h7-8,10,14,18H,6,9H2,1-5H3,(H,17,20). The van der Waals surface area contributed by atoms with Gasteiger partial charge in [0.05, 0.1) is 0 Å². The number of benzene rings is 1. The zero-order valence-electron chi connectivity index (χ0n) is 13.5. The normalized spacial score (nSPS) is 17.7. The molecule has 0 aliphatic heterocycles. The summed E-state index contributed by atoms with van der Waals surface area (Å²) in [7, 11) is 3.99. The number of hydrogen-bond acceptors (Lipinski definition) is 4. The van der Waals surface area contributed by atoms with Gasteiger partial charge in [-0.1, -0.05) is 6.07 Å². The Morgan fingerprint density at radius 2 is 2.05 bits per heavy atom. The van der Waals surface area contributed by atoms with Crippen LogP contribution in [-0.2, 0) is 11.2 Å². The zero-order chi connectivity index (χ0) is 15.6. The highest BCUT2D eigenvalue weighted by molar-refractivity contribution is 5.85. The van der Waals surface area contributed by atoms with Gasteiger partial charge in [0.1, 0.15) is 5.60 Å². The number of amides is 1. The molecule has 1 amide bonds. The van der Waals surface area contributed by atoms with Gasteiger partial charge in [-0.05, 0) is 56.9 Å². The molecule has 0 fully saturated rings. The van der Waals surface area contributed by atoms with E-state index < -0.39 is 11.7 Å². The number of aryl methyl sites for hydroxylation is 1. The van der Waals surface area contributed by atoms with Crippen molar-refractivity contribution in [1.29, 1.82) is 0 Å². The Labute approximate surface area is 126 Å². The van der Waals surface area contributed by atoms with Crippen molar-refractivity contribution in [1.82, 2.24) is 10.4 Å². The van der Waals surface area contributed by atoms with Crippen LogP contribution >= 0.6 is 0 Å². The van der Waals surface area contributed by atoms with Gasteiger partial charge in [0.2, 0.25) is 0 Å². The maximum atomic E-state index is 11.8. The minimum Gasteiger partial charge on any atom is -0.444 e. The van der Waals surface area contributed by atoms with Crippen molar-refractivity contribution in [3.63, 3.8) is 0 Å². The van der Waals surface area contributed by atoms with Gasteiger partial charge in [-0.2, -0.15) is 0 Å². The van der Waals surface area contributed by atoms with Gasteiger partial charge in [-0.15, -0.1) is 0 Å². The second-order valence-electron chi connectivity index (χ2n) is 6.66. The molecule has 5 nitrogen and oxygen atoms in total. The van der Waals surface area contributed by atoms with Crippen molar-refractivity contribution in [3.05, 3.63) is 29.3 Å². The summed E-state index contributed by atoms with van der Waals surface area (Å²) in [6.45, 7) is 5.56. The molecule has 0 radical (unpaired) electrons. The maximum Gasteiger partial charge on any atom is 0.412 e. The molecule has 0 saturated carbocycles. The Hall–Kier alpha value is -1.59. The number of hydrogen-bond donors (Lipinski definition) is 2. The molecule has 1 aromatic rings. The first-order chi connectivity index (χ1) is 9.74. The van der Waals surface area contributed by atoms with E-state index in [1.165, 1.54) is 11.1 Å². The van der Waals surface area contributed by atoms with Crippen LogP contribution in [0.15, 0.2) is 18.2 Å². The molecule has 2 N–H and O–H groups in total. The Kier molecular flexibility index (Phi) is 4.54. The molecule has 0 spiro atoms. The second-order valence-corrected chi connectivity index (χ2v) is 6.66. The summed E-state index contributed by atoms with van der Waals surface area (Å²) in [5.74, 6) is 0. The molecular weight excluding hydrogens is 266 g/mol. The number of rotatable bonds is 3. The number of nitrogens with zero attached hydrogens (tertiary/aromatic N) is 1. The molecule has 116 valence electrons. The SMILES string of the molecule is CN(C)NC1CCc2cc(NC(=O)OC(C)(C)C)ccc21. The molecule has 5 heteroatoms. The lowest BCUT2D eigenvalue weighted by Crippen LogP contribution is -2.33. The molecule has 1 unspecified atom stereocenters. The molecule has 0 aromatic heterocycles. The molecule has 1 aliphatic rings. The zero-order valence-corrected chi connectivity index (χ0v) is 13.5. The summed E-state index contributed by atoms with van der Waals surface area (Å²) in [6, 6.07) is 6.40. The van der Waals surface area contributed by atoms with Gasteiger partial charge in [-0.3, -0.25) is 10.3 Å². The number of carbonyl (C=O) groups excluding carboxylic acids is 1. The number of anilines is 1. The summed E-state index contributed by atoms with van der Waals surface area (Å²) in [5, 5.41) is 4.77. The van der Waals surface area contributed by atoms with Crippen LogP contribution in [0.1, 0.15) is 44.4 Å². The summed E-state index contributed by atoms with van der Waals surface area (Å²) >= 11 is 0. The van der Waals surface area contributed by atoms with E-state index in [1.54, 1.807) is 0 Å². The molecule has 0 saturated heterocycles. The molecule has 0 bridgehead atoms. The molecule has 21 heavy (non-hydrogen) atoms. The summed E-state index contributed by atoms with van der Waals surface area (Å²) in [5.41, 5.74) is 6.30. The third-order valence-electron chi connectivity index (χ3n) is 3.28. The lowest BCUT2D eigenvalue weighted by atomic mass is 10.1. The van der Waals surface area contributed by atoms with E-state index in [0.717, 1.165) is 18.5 Å². The fourth-order valence-electron chi connectivity index (χ4n) is 2.56. The van der Waals surface area contributed by atoms with Crippen LogP contribution in [0.4, 0.5) is 10.5 Å². The van der Waals surface area contributed by atoms with Gasteiger partial charge < -0.3 is 4.74 Å². The monoisotopic (exact) mass is 291 g/mol. The van der Waals surface area contributed by atoms with Crippen LogP contribution in [-0.4, -0.2) is 30.8 Å². The number of ether oxygens (including phenoxy) is 1. The predicted molar refractivity (Wildman–Crippen MR) is 84.2 cm³/mol. The second kappa shape index (κ2) is 6.03. The van der Waals surface area contributed by atoms with E-state index >= 15 is 0 Å². The number of fused-ring (bicyclic) bond motifs is 1. The minimum absolute atomic E-state index is 0.352. The van der Waals surface area contributed by atoms with Gasteiger partial charge in [-0.25, -0.2) is 10.2 Å². The van der Waals surface area contributed by atoms with E-state index in [2.05, 4.69) is 16.8 Å². The molecule has 1 atom stereocenters. The quantitative estimate of drug-likeness (QED) is 0.840. The Balaban J connectivity index is 2.04. The van der Waals surface area contributed by atoms with Crippen LogP contribution in [0, 0.1) is 0 Å². The van der Waals surface area contributed by atoms with Gasteiger partial charge in [0.15, 0.2) is 0 Å². The van der Waals surface area contributed by atoms with Gasteiger partial charge >= 0.3 is 6.09 Å². The Bertz CT molecular complexity index is 521. The fraction of sp³-hybridized carbons (Fsp3) is 0.562. The van der Waals surface area contributed by atoms with Crippen molar-refractivity contribution >= 4 is 11.8 Å². The van der Waals surface area contributed by atoms with Crippen molar-refractivity contribution in [2.75, 3.05) is 19.4 Å². The molecule has 1 aliphatic carbocycles. The first-order valence-corrected chi connectivity index (χ1v) is 7.31. The predicted octanol–water partition coefficient (Wildman–Crippen LogP) is 3.09. The molecular formula is C16H25N3O2. The fourth-order valence-corrected chi connectivity index (χ4v) is 2.56. The van der Waals surface area contributed by atoms with E-state index in [9.17, 15) is 4.79 Å². The summed E-state index contributed by atoms with van der Waals surface area (Å²) in [6.07, 6.45) is 1.68. The Morgan fingerprint density at radius 1 is 1.33 bits per heavy atom. The molecule has 2 rings (SSSR count). The average molecular weight is 291 g/mol. The molecule has 0 heterocycles. The van der Waals surface area contributed by atoms with Crippen molar-refractivity contribution < 1.29 is 9.53 Å². The van der Waals surface area contributed by atoms with E-state index in [0.29, 0.717) is 6.04 Å². The highest BCUT2D eigenvalue weighted by Crippen LogP contribution is 2.33. The minimum atomic E-state index is -0.485. The third-order valence-corrected chi connectivity index (χ3v) is 3.28. The van der Waals surface area contributed by atoms with E-state index in [1.807, 2.05) is 52.0 Å². The lowest BCUT2D eigenvalue weighted by Gasteiger charge is -2.21. The number of hydrazine groups is 1. The Morgan fingerprint density at radius 3 is 2.67 bits per heavy atom. The van der Waals surface area contributed by atoms with E-state index in [4.69, 9.17) is 4.74 Å². The summed E-state index contributed by atoms with van der Waals surface area (Å²) in [4.78, 5) is 11.8. The third kappa shape index (κ3) is 4.44. The van der Waals surface area contributed by atoms with Crippen LogP contribution in [0.25, 0.3) is 0 Å². The van der Waals surface area contributed by atoms with Crippen molar-refractivity contribution in [2.45, 2.75) is 45.3 Å². The summed E-state index contributed by atoms with van der Waals surface area (Å²) < 4.78 is 5.27. The maximum absolute atomic E-state index is 11.8. The highest BCUT2D eigenvalue weighted by atomic mass is 16.6. The topological polar surface area (TPSA) is 53.6 Å². The van der Waals surface area contributed by atoms with Crippen LogP contribution in [0.3, 0.4) is 0 Å². The smallest absolute Gasteiger partial charge is 0.412 e. The average Bonchev–Trinajstić information content (AvgIpc) is 2.68. The first kappa shape index (κ1) is 15.8. The number of nitrogens with one attached hydrogen (secondary N) is 2. The highest BCUT2D eigenvalue weighted by Gasteiger charge is 2.23. The van der Waals surface area contributed by atoms with Crippen LogP contribution in [0.2, 0.25) is 0 Å². The van der Waals surface area contributed by atoms with E-state index in [-0.39, 0.29) is 0 Å². The largest absolute Gasteiger partial charge is 0.444 e. The van der Waals surface area contributed by atoms with Crippen molar-refractivity contribution in [2.24, 2.45) is 0 Å². The number of carbonyl (C=O) groups is 1. The van der Waals surface area contributed by atoms with Crippen LogP contribution < -0.4 is 10.7 Å². The van der Waals surface area contributed by atoms with Crippen molar-refractivity contribution in [3.8, 4) is 0 Å². The first-order valence-electron chi connectivity index (χ1n) is 7.31. The lowest BCUT2D eigenvalue weighted by molar-refractivity contribution is 0.0636. The van der Waals surface area contributed by atoms with Gasteiger partial charge in [0.25, 0.3) is 0 Å². The van der Waals surface area contributed by atoms with Crippen LogP contribution in [0.5, 0.6) is 0 Å². The van der Waals surface area contributed by atoms with Gasteiger partial charge in [0, 0.05) is 25.8 Å². The molecule has 1 aromatic carbocycles.